The van der Waals surface area contributed by atoms with E-state index in [-0.39, 0.29) is 11.7 Å². The van der Waals surface area contributed by atoms with Gasteiger partial charge in [0.2, 0.25) is 0 Å². The van der Waals surface area contributed by atoms with Crippen LogP contribution in [0.4, 0.5) is 0 Å². The number of aromatic nitrogens is 3. The molecule has 0 radical (unpaired) electrons. The number of methoxy groups -OCH3 is 2. The van der Waals surface area contributed by atoms with Crippen LogP contribution in [-0.4, -0.2) is 40.6 Å². The number of rotatable bonds is 8. The van der Waals surface area contributed by atoms with Gasteiger partial charge in [0.15, 0.2) is 4.80 Å². The highest BCUT2D eigenvalue weighted by Gasteiger charge is 2.34. The summed E-state index contributed by atoms with van der Waals surface area (Å²) in [5.74, 6) is 0.848. The van der Waals surface area contributed by atoms with E-state index in [2.05, 4.69) is 15.9 Å². The van der Waals surface area contributed by atoms with Crippen molar-refractivity contribution in [2.24, 2.45) is 4.99 Å². The standard InChI is InChI=1S/C35H31BrN4O5S/c1-20(2)45-34(42)30-21(3)37-35-40(32(30)22-11-14-26(43-4)15-12-22)33(41)29(46-35)18-24-19-39(25-9-7-6-8-10-25)38-31(24)23-13-16-28(44-5)27(36)17-23/h6-20,32H,1-5H3/b29-18+/t32-/m0/s1. The van der Waals surface area contributed by atoms with E-state index in [4.69, 9.17) is 24.3 Å². The first-order valence-electron chi connectivity index (χ1n) is 14.5. The number of carbonyl (C=O) groups is 1. The zero-order valence-corrected chi connectivity index (χ0v) is 28.3. The number of fused-ring (bicyclic) bond motifs is 1. The molecule has 0 spiro atoms. The zero-order chi connectivity index (χ0) is 32.5. The Labute approximate surface area is 277 Å². The van der Waals surface area contributed by atoms with Crippen molar-refractivity contribution in [2.75, 3.05) is 14.2 Å². The molecule has 0 aliphatic carbocycles. The predicted octanol–water partition coefficient (Wildman–Crippen LogP) is 5.82. The topological polar surface area (TPSA) is 96.9 Å². The third kappa shape index (κ3) is 5.95. The van der Waals surface area contributed by atoms with Gasteiger partial charge in [-0.15, -0.1) is 0 Å². The Kier molecular flexibility index (Phi) is 8.79. The van der Waals surface area contributed by atoms with E-state index >= 15 is 0 Å². The molecule has 1 atom stereocenters. The average molecular weight is 700 g/mol. The summed E-state index contributed by atoms with van der Waals surface area (Å²) in [5, 5.41) is 4.92. The maximum atomic E-state index is 14.3. The number of thiazole rings is 1. The summed E-state index contributed by atoms with van der Waals surface area (Å²) in [4.78, 5) is 33.0. The van der Waals surface area contributed by atoms with Crippen molar-refractivity contribution < 1.29 is 19.0 Å². The van der Waals surface area contributed by atoms with E-state index in [1.807, 2.05) is 85.1 Å². The van der Waals surface area contributed by atoms with Crippen LogP contribution < -0.4 is 24.4 Å². The molecule has 3 aromatic carbocycles. The summed E-state index contributed by atoms with van der Waals surface area (Å²) in [6.45, 7) is 5.36. The van der Waals surface area contributed by atoms with Gasteiger partial charge in [-0.2, -0.15) is 5.10 Å². The number of allylic oxidation sites excluding steroid dienone is 1. The summed E-state index contributed by atoms with van der Waals surface area (Å²) >= 11 is 4.85. The van der Waals surface area contributed by atoms with Crippen molar-refractivity contribution in [3.05, 3.63) is 126 Å². The molecule has 0 amide bonds. The van der Waals surface area contributed by atoms with Crippen LogP contribution in [0.15, 0.2) is 105 Å². The van der Waals surface area contributed by atoms with Gasteiger partial charge < -0.3 is 14.2 Å². The van der Waals surface area contributed by atoms with E-state index in [1.54, 1.807) is 44.2 Å². The highest BCUT2D eigenvalue weighted by atomic mass is 79.9. The molecule has 5 aromatic rings. The second-order valence-electron chi connectivity index (χ2n) is 10.9. The molecule has 234 valence electrons. The molecule has 0 bridgehead atoms. The fraction of sp³-hybridized carbons (Fsp3) is 0.200. The molecule has 46 heavy (non-hydrogen) atoms. The first kappa shape index (κ1) is 31.3. The van der Waals surface area contributed by atoms with Gasteiger partial charge in [-0.05, 0) is 90.8 Å². The first-order valence-corrected chi connectivity index (χ1v) is 16.2. The van der Waals surface area contributed by atoms with Gasteiger partial charge in [-0.25, -0.2) is 14.5 Å². The molecule has 0 saturated carbocycles. The van der Waals surface area contributed by atoms with Crippen LogP contribution in [0.25, 0.3) is 23.0 Å². The summed E-state index contributed by atoms with van der Waals surface area (Å²) in [5.41, 5.74) is 4.41. The Bertz CT molecular complexity index is 2150. The van der Waals surface area contributed by atoms with Crippen LogP contribution >= 0.6 is 27.3 Å². The fourth-order valence-corrected chi connectivity index (χ4v) is 6.93. The van der Waals surface area contributed by atoms with E-state index < -0.39 is 12.0 Å². The minimum Gasteiger partial charge on any atom is -0.497 e. The summed E-state index contributed by atoms with van der Waals surface area (Å²) < 4.78 is 21.0. The van der Waals surface area contributed by atoms with Gasteiger partial charge in [0.1, 0.15) is 17.2 Å². The second kappa shape index (κ2) is 12.9. The number of halogens is 1. The summed E-state index contributed by atoms with van der Waals surface area (Å²) in [7, 11) is 3.20. The Morgan fingerprint density at radius 2 is 1.76 bits per heavy atom. The quantitative estimate of drug-likeness (QED) is 0.190. The van der Waals surface area contributed by atoms with Crippen molar-refractivity contribution in [1.29, 1.82) is 0 Å². The normalized spacial score (nSPS) is 14.7. The molecule has 0 N–H and O–H groups in total. The van der Waals surface area contributed by atoms with Crippen molar-refractivity contribution >= 4 is 39.3 Å². The molecule has 9 nitrogen and oxygen atoms in total. The SMILES string of the molecule is COc1ccc([C@H]2C(C(=O)OC(C)C)=C(C)N=c3s/c(=C/c4cn(-c5ccccc5)nc4-c4ccc(OC)c(Br)c4)c(=O)n32)cc1. The lowest BCUT2D eigenvalue weighted by Crippen LogP contribution is -2.40. The van der Waals surface area contributed by atoms with Crippen molar-refractivity contribution in [1.82, 2.24) is 14.3 Å². The van der Waals surface area contributed by atoms with Gasteiger partial charge in [-0.1, -0.05) is 41.7 Å². The second-order valence-corrected chi connectivity index (χ2v) is 12.7. The third-order valence-electron chi connectivity index (χ3n) is 7.49. The van der Waals surface area contributed by atoms with Crippen LogP contribution in [0, 0.1) is 0 Å². The number of esters is 1. The van der Waals surface area contributed by atoms with Gasteiger partial charge in [0.25, 0.3) is 5.56 Å². The number of para-hydroxylation sites is 1. The van der Waals surface area contributed by atoms with Crippen molar-refractivity contribution in [3.63, 3.8) is 0 Å². The fourth-order valence-electron chi connectivity index (χ4n) is 5.35. The lowest BCUT2D eigenvalue weighted by molar-refractivity contribution is -0.143. The lowest BCUT2D eigenvalue weighted by Gasteiger charge is -2.25. The zero-order valence-electron chi connectivity index (χ0n) is 25.9. The summed E-state index contributed by atoms with van der Waals surface area (Å²) in [6, 6.07) is 22.1. The molecule has 3 heterocycles. The molecule has 0 saturated heterocycles. The molecule has 6 rings (SSSR count). The van der Waals surface area contributed by atoms with Gasteiger partial charge in [0, 0.05) is 17.3 Å². The number of hydrogen-bond donors (Lipinski definition) is 0. The van der Waals surface area contributed by atoms with Crippen LogP contribution in [0.3, 0.4) is 0 Å². The van der Waals surface area contributed by atoms with Crippen LogP contribution in [0.5, 0.6) is 11.5 Å². The monoisotopic (exact) mass is 698 g/mol. The summed E-state index contributed by atoms with van der Waals surface area (Å²) in [6.07, 6.45) is 3.39. The van der Waals surface area contributed by atoms with E-state index in [0.717, 1.165) is 26.9 Å². The van der Waals surface area contributed by atoms with Gasteiger partial charge in [-0.3, -0.25) is 9.36 Å². The Morgan fingerprint density at radius 1 is 1.02 bits per heavy atom. The Balaban J connectivity index is 1.55. The first-order chi connectivity index (χ1) is 22.2. The minimum atomic E-state index is -0.736. The predicted molar refractivity (Wildman–Crippen MR) is 181 cm³/mol. The molecule has 11 heteroatoms. The van der Waals surface area contributed by atoms with Crippen LogP contribution in [-0.2, 0) is 9.53 Å². The number of nitrogens with zero attached hydrogens (tertiary/aromatic N) is 4. The van der Waals surface area contributed by atoms with Crippen LogP contribution in [0.2, 0.25) is 0 Å². The van der Waals surface area contributed by atoms with Crippen LogP contribution in [0.1, 0.15) is 37.9 Å². The maximum absolute atomic E-state index is 14.3. The van der Waals surface area contributed by atoms with E-state index in [1.165, 1.54) is 11.3 Å². The van der Waals surface area contributed by atoms with Crippen molar-refractivity contribution in [2.45, 2.75) is 32.9 Å². The largest absolute Gasteiger partial charge is 0.497 e. The minimum absolute atomic E-state index is 0.277. The van der Waals surface area contributed by atoms with E-state index in [0.29, 0.717) is 37.8 Å². The maximum Gasteiger partial charge on any atom is 0.338 e. The smallest absolute Gasteiger partial charge is 0.338 e. The van der Waals surface area contributed by atoms with Crippen molar-refractivity contribution in [3.8, 4) is 28.4 Å². The molecule has 0 fully saturated rings. The number of carbonyl (C=O) groups excluding carboxylic acids is 1. The highest BCUT2D eigenvalue weighted by molar-refractivity contribution is 9.10. The molecule has 2 aromatic heterocycles. The Hall–Kier alpha value is -4.74. The molecule has 1 aliphatic heterocycles. The number of hydrogen-bond acceptors (Lipinski definition) is 8. The van der Waals surface area contributed by atoms with E-state index in [9.17, 15) is 9.59 Å². The molecular weight excluding hydrogens is 668 g/mol. The Morgan fingerprint density at radius 3 is 2.41 bits per heavy atom. The van der Waals surface area contributed by atoms with Gasteiger partial charge >= 0.3 is 5.97 Å². The lowest BCUT2D eigenvalue weighted by atomic mass is 9.96. The number of ether oxygens (including phenoxy) is 3. The number of benzene rings is 3. The highest BCUT2D eigenvalue weighted by Crippen LogP contribution is 2.33. The molecule has 1 aliphatic rings. The average Bonchev–Trinajstić information content (AvgIpc) is 3.61. The molecule has 0 unspecified atom stereocenters. The third-order valence-corrected chi connectivity index (χ3v) is 9.09. The van der Waals surface area contributed by atoms with Gasteiger partial charge in [0.05, 0.1) is 52.3 Å². The molecular formula is C35H31BrN4O5S.